The molecule has 0 aliphatic rings. The number of benzene rings is 2. The number of rotatable bonds is 8. The summed E-state index contributed by atoms with van der Waals surface area (Å²) < 4.78 is 10.8. The molecule has 0 heterocycles. The number of nitriles is 1. The van der Waals surface area contributed by atoms with Crippen LogP contribution in [-0.4, -0.2) is 25.3 Å². The number of nitrogens with zero attached hydrogens (tertiary/aromatic N) is 2. The number of hydrogen-bond donors (Lipinski definition) is 1. The molecule has 0 radical (unpaired) electrons. The van der Waals surface area contributed by atoms with Gasteiger partial charge in [0.2, 0.25) is 0 Å². The first-order chi connectivity index (χ1) is 12.2. The Balaban J connectivity index is 1.95. The minimum Gasteiger partial charge on any atom is -0.494 e. The van der Waals surface area contributed by atoms with E-state index in [0.29, 0.717) is 23.5 Å². The molecule has 2 aromatic rings. The zero-order valence-electron chi connectivity index (χ0n) is 13.9. The van der Waals surface area contributed by atoms with E-state index in [2.05, 4.69) is 10.5 Å². The van der Waals surface area contributed by atoms with E-state index in [4.69, 9.17) is 14.7 Å². The molecule has 0 fully saturated rings. The fourth-order valence-corrected chi connectivity index (χ4v) is 1.98. The van der Waals surface area contributed by atoms with Crippen LogP contribution < -0.4 is 14.9 Å². The Hall–Kier alpha value is -3.33. The summed E-state index contributed by atoms with van der Waals surface area (Å²) in [5.74, 6) is 0.929. The third kappa shape index (κ3) is 5.66. The fourth-order valence-electron chi connectivity index (χ4n) is 1.98. The van der Waals surface area contributed by atoms with Gasteiger partial charge < -0.3 is 9.47 Å². The van der Waals surface area contributed by atoms with Crippen molar-refractivity contribution in [1.82, 2.24) is 5.43 Å². The number of hydrogen-bond acceptors (Lipinski definition) is 5. The number of carbonyl (C=O) groups excluding carboxylic acids is 1. The number of amides is 1. The Morgan fingerprint density at radius 2 is 1.96 bits per heavy atom. The molecule has 0 aromatic heterocycles. The van der Waals surface area contributed by atoms with E-state index in [9.17, 15) is 4.79 Å². The van der Waals surface area contributed by atoms with Gasteiger partial charge in [0.05, 0.1) is 12.8 Å². The summed E-state index contributed by atoms with van der Waals surface area (Å²) in [6.07, 6.45) is 2.40. The Morgan fingerprint density at radius 3 is 2.68 bits per heavy atom. The molecule has 2 aromatic carbocycles. The van der Waals surface area contributed by atoms with Gasteiger partial charge in [-0.15, -0.1) is 0 Å². The summed E-state index contributed by atoms with van der Waals surface area (Å²) in [7, 11) is 0. The monoisotopic (exact) mass is 337 g/mol. The van der Waals surface area contributed by atoms with Crippen LogP contribution in [0, 0.1) is 11.3 Å². The Kier molecular flexibility index (Phi) is 7.01. The molecule has 0 atom stereocenters. The van der Waals surface area contributed by atoms with Crippen LogP contribution in [0.3, 0.4) is 0 Å². The maximum absolute atomic E-state index is 12.1. The van der Waals surface area contributed by atoms with E-state index < -0.39 is 0 Å². The van der Waals surface area contributed by atoms with Gasteiger partial charge in [0.15, 0.2) is 6.61 Å². The molecule has 1 N–H and O–H groups in total. The summed E-state index contributed by atoms with van der Waals surface area (Å²) in [6.45, 7) is 2.62. The third-order valence-electron chi connectivity index (χ3n) is 3.17. The van der Waals surface area contributed by atoms with Crippen molar-refractivity contribution in [2.75, 3.05) is 13.2 Å². The lowest BCUT2D eigenvalue weighted by Gasteiger charge is -2.06. The molecule has 0 saturated carbocycles. The highest BCUT2D eigenvalue weighted by atomic mass is 16.5. The first-order valence-corrected chi connectivity index (χ1v) is 7.89. The predicted molar refractivity (Wildman–Crippen MR) is 94.8 cm³/mol. The highest BCUT2D eigenvalue weighted by Gasteiger charge is 2.05. The van der Waals surface area contributed by atoms with Crippen LogP contribution in [0.15, 0.2) is 53.6 Å². The quantitative estimate of drug-likeness (QED) is 0.592. The zero-order chi connectivity index (χ0) is 17.9. The van der Waals surface area contributed by atoms with Gasteiger partial charge in [-0.3, -0.25) is 4.79 Å². The van der Waals surface area contributed by atoms with E-state index >= 15 is 0 Å². The maximum atomic E-state index is 12.1. The molecule has 1 amide bonds. The standard InChI is InChI=1S/C19H19N3O3/c1-2-12-24-17-9-7-15(8-10-17)19(23)22-21-14-16-5-3-4-6-18(16)25-13-11-20/h3-10,14H,2,12-13H2,1H3,(H,22,23)/b21-14-. The van der Waals surface area contributed by atoms with Crippen molar-refractivity contribution in [2.45, 2.75) is 13.3 Å². The second-order valence-electron chi connectivity index (χ2n) is 5.06. The Morgan fingerprint density at radius 1 is 1.20 bits per heavy atom. The average molecular weight is 337 g/mol. The van der Waals surface area contributed by atoms with E-state index in [1.165, 1.54) is 6.21 Å². The van der Waals surface area contributed by atoms with Gasteiger partial charge in [0.25, 0.3) is 5.91 Å². The number of para-hydroxylation sites is 1. The number of carbonyl (C=O) groups is 1. The molecule has 6 heteroatoms. The van der Waals surface area contributed by atoms with Gasteiger partial charge in [0.1, 0.15) is 17.6 Å². The molecular formula is C19H19N3O3. The first-order valence-electron chi connectivity index (χ1n) is 7.89. The molecule has 0 bridgehead atoms. The van der Waals surface area contributed by atoms with Gasteiger partial charge >= 0.3 is 0 Å². The molecular weight excluding hydrogens is 318 g/mol. The summed E-state index contributed by atoms with van der Waals surface area (Å²) >= 11 is 0. The summed E-state index contributed by atoms with van der Waals surface area (Å²) in [5, 5.41) is 12.5. The molecule has 0 aliphatic carbocycles. The first kappa shape index (κ1) is 18.0. The lowest BCUT2D eigenvalue weighted by molar-refractivity contribution is 0.0955. The summed E-state index contributed by atoms with van der Waals surface area (Å²) in [5.41, 5.74) is 3.61. The largest absolute Gasteiger partial charge is 0.494 e. The zero-order valence-corrected chi connectivity index (χ0v) is 13.9. The highest BCUT2D eigenvalue weighted by molar-refractivity contribution is 5.95. The van der Waals surface area contributed by atoms with E-state index in [1.807, 2.05) is 19.1 Å². The molecule has 25 heavy (non-hydrogen) atoms. The maximum Gasteiger partial charge on any atom is 0.271 e. The molecule has 0 aliphatic heterocycles. The second-order valence-corrected chi connectivity index (χ2v) is 5.06. The lowest BCUT2D eigenvalue weighted by Crippen LogP contribution is -2.17. The van der Waals surface area contributed by atoms with Gasteiger partial charge in [-0.25, -0.2) is 5.43 Å². The molecule has 128 valence electrons. The molecule has 0 spiro atoms. The second kappa shape index (κ2) is 9.73. The highest BCUT2D eigenvalue weighted by Crippen LogP contribution is 2.15. The minimum absolute atomic E-state index is 0.0519. The van der Waals surface area contributed by atoms with E-state index in [1.54, 1.807) is 42.5 Å². The molecule has 6 nitrogen and oxygen atoms in total. The van der Waals surface area contributed by atoms with Crippen molar-refractivity contribution in [3.63, 3.8) is 0 Å². The van der Waals surface area contributed by atoms with Crippen molar-refractivity contribution < 1.29 is 14.3 Å². The van der Waals surface area contributed by atoms with Crippen molar-refractivity contribution in [3.05, 3.63) is 59.7 Å². The number of ether oxygens (including phenoxy) is 2. The van der Waals surface area contributed by atoms with Crippen LogP contribution in [0.5, 0.6) is 11.5 Å². The topological polar surface area (TPSA) is 83.7 Å². The van der Waals surface area contributed by atoms with Crippen LogP contribution in [0.25, 0.3) is 0 Å². The fraction of sp³-hybridized carbons (Fsp3) is 0.211. The van der Waals surface area contributed by atoms with Crippen molar-refractivity contribution in [1.29, 1.82) is 5.26 Å². The number of hydrazone groups is 1. The van der Waals surface area contributed by atoms with Crippen LogP contribution >= 0.6 is 0 Å². The molecule has 2 rings (SSSR count). The average Bonchev–Trinajstić information content (AvgIpc) is 2.66. The number of nitrogens with one attached hydrogen (secondary N) is 1. The van der Waals surface area contributed by atoms with Gasteiger partial charge in [-0.05, 0) is 42.8 Å². The smallest absolute Gasteiger partial charge is 0.271 e. The Bertz CT molecular complexity index is 764. The van der Waals surface area contributed by atoms with E-state index in [0.717, 1.165) is 12.2 Å². The molecule has 0 unspecified atom stereocenters. The van der Waals surface area contributed by atoms with E-state index in [-0.39, 0.29) is 12.5 Å². The van der Waals surface area contributed by atoms with Crippen molar-refractivity contribution in [3.8, 4) is 17.6 Å². The van der Waals surface area contributed by atoms with Crippen LogP contribution in [0.4, 0.5) is 0 Å². The van der Waals surface area contributed by atoms with Gasteiger partial charge in [0, 0.05) is 11.1 Å². The predicted octanol–water partition coefficient (Wildman–Crippen LogP) is 3.14. The van der Waals surface area contributed by atoms with Crippen LogP contribution in [0.2, 0.25) is 0 Å². The normalized spacial score (nSPS) is 10.2. The lowest BCUT2D eigenvalue weighted by atomic mass is 10.2. The van der Waals surface area contributed by atoms with Crippen LogP contribution in [0.1, 0.15) is 29.3 Å². The SMILES string of the molecule is CCCOc1ccc(C(=O)N/N=C\c2ccccc2OCC#N)cc1. The summed E-state index contributed by atoms with van der Waals surface area (Å²) in [6, 6.07) is 15.9. The van der Waals surface area contributed by atoms with Crippen LogP contribution in [-0.2, 0) is 0 Å². The molecule has 0 saturated heterocycles. The Labute approximate surface area is 146 Å². The summed E-state index contributed by atoms with van der Waals surface area (Å²) in [4.78, 5) is 12.1. The van der Waals surface area contributed by atoms with Gasteiger partial charge in [-0.1, -0.05) is 19.1 Å². The van der Waals surface area contributed by atoms with Crippen molar-refractivity contribution in [2.24, 2.45) is 5.10 Å². The van der Waals surface area contributed by atoms with Gasteiger partial charge in [-0.2, -0.15) is 10.4 Å². The third-order valence-corrected chi connectivity index (χ3v) is 3.17. The van der Waals surface area contributed by atoms with Crippen molar-refractivity contribution >= 4 is 12.1 Å². The minimum atomic E-state index is -0.325.